The van der Waals surface area contributed by atoms with Gasteiger partial charge in [0.05, 0.1) is 25.1 Å². The van der Waals surface area contributed by atoms with E-state index in [1.807, 2.05) is 13.8 Å². The number of anilines is 1. The summed E-state index contributed by atoms with van der Waals surface area (Å²) in [5.74, 6) is 0.543. The van der Waals surface area contributed by atoms with Gasteiger partial charge in [0.2, 0.25) is 0 Å². The first-order valence-corrected chi connectivity index (χ1v) is 6.97. The van der Waals surface area contributed by atoms with Crippen molar-refractivity contribution in [3.05, 3.63) is 18.1 Å². The summed E-state index contributed by atoms with van der Waals surface area (Å²) in [4.78, 5) is 22.0. The number of carbonyl (C=O) groups is 1. The fraction of sp³-hybridized carbons (Fsp3) is 0.643. The number of nitrogens with zero attached hydrogens (tertiary/aromatic N) is 3. The SMILES string of the molecule is CCCNc1cnc(C(=O)N(C)CCOC(C)C)cn1. The molecule has 0 aromatic carbocycles. The lowest BCUT2D eigenvalue weighted by Crippen LogP contribution is -2.31. The summed E-state index contributed by atoms with van der Waals surface area (Å²) in [7, 11) is 1.73. The van der Waals surface area contributed by atoms with Gasteiger partial charge in [-0.2, -0.15) is 0 Å². The van der Waals surface area contributed by atoms with Crippen molar-refractivity contribution in [2.75, 3.05) is 32.1 Å². The summed E-state index contributed by atoms with van der Waals surface area (Å²) in [5, 5.41) is 3.12. The minimum atomic E-state index is -0.146. The molecule has 0 saturated heterocycles. The molecule has 20 heavy (non-hydrogen) atoms. The molecule has 0 bridgehead atoms. The highest BCUT2D eigenvalue weighted by molar-refractivity contribution is 5.91. The highest BCUT2D eigenvalue weighted by Crippen LogP contribution is 2.04. The molecule has 1 N–H and O–H groups in total. The second kappa shape index (κ2) is 8.47. The van der Waals surface area contributed by atoms with Crippen LogP contribution in [0.5, 0.6) is 0 Å². The van der Waals surface area contributed by atoms with Crippen LogP contribution in [0.3, 0.4) is 0 Å². The Hall–Kier alpha value is -1.69. The summed E-state index contributed by atoms with van der Waals surface area (Å²) in [6.07, 6.45) is 4.27. The molecule has 0 aliphatic carbocycles. The molecule has 0 spiro atoms. The fourth-order valence-corrected chi connectivity index (χ4v) is 1.51. The lowest BCUT2D eigenvalue weighted by molar-refractivity contribution is 0.0529. The predicted octanol–water partition coefficient (Wildman–Crippen LogP) is 1.80. The van der Waals surface area contributed by atoms with Crippen LogP contribution >= 0.6 is 0 Å². The highest BCUT2D eigenvalue weighted by Gasteiger charge is 2.13. The molecular weight excluding hydrogens is 256 g/mol. The molecule has 1 heterocycles. The average molecular weight is 280 g/mol. The lowest BCUT2D eigenvalue weighted by Gasteiger charge is -2.17. The van der Waals surface area contributed by atoms with E-state index in [-0.39, 0.29) is 12.0 Å². The van der Waals surface area contributed by atoms with Crippen LogP contribution in [0, 0.1) is 0 Å². The molecule has 112 valence electrons. The first-order chi connectivity index (χ1) is 9.54. The lowest BCUT2D eigenvalue weighted by atomic mass is 10.4. The zero-order chi connectivity index (χ0) is 15.0. The van der Waals surface area contributed by atoms with Crippen molar-refractivity contribution < 1.29 is 9.53 Å². The van der Waals surface area contributed by atoms with Gasteiger partial charge < -0.3 is 15.0 Å². The quantitative estimate of drug-likeness (QED) is 0.786. The summed E-state index contributed by atoms with van der Waals surface area (Å²) in [6, 6.07) is 0. The number of hydrogen-bond acceptors (Lipinski definition) is 5. The summed E-state index contributed by atoms with van der Waals surface area (Å²) in [6.45, 7) is 7.91. The van der Waals surface area contributed by atoms with E-state index in [0.29, 0.717) is 24.7 Å². The Morgan fingerprint density at radius 1 is 1.40 bits per heavy atom. The number of rotatable bonds is 8. The van der Waals surface area contributed by atoms with Gasteiger partial charge in [-0.3, -0.25) is 4.79 Å². The van der Waals surface area contributed by atoms with Crippen molar-refractivity contribution in [1.82, 2.24) is 14.9 Å². The van der Waals surface area contributed by atoms with E-state index in [4.69, 9.17) is 4.74 Å². The third-order valence-corrected chi connectivity index (χ3v) is 2.65. The highest BCUT2D eigenvalue weighted by atomic mass is 16.5. The van der Waals surface area contributed by atoms with Crippen LogP contribution in [0.4, 0.5) is 5.82 Å². The number of amides is 1. The summed E-state index contributed by atoms with van der Waals surface area (Å²) < 4.78 is 5.42. The number of hydrogen-bond donors (Lipinski definition) is 1. The molecule has 0 radical (unpaired) electrons. The van der Waals surface area contributed by atoms with Crippen molar-refractivity contribution in [3.8, 4) is 0 Å². The smallest absolute Gasteiger partial charge is 0.273 e. The minimum Gasteiger partial charge on any atom is -0.377 e. The van der Waals surface area contributed by atoms with Gasteiger partial charge in [-0.1, -0.05) is 6.92 Å². The fourth-order valence-electron chi connectivity index (χ4n) is 1.51. The maximum atomic E-state index is 12.1. The van der Waals surface area contributed by atoms with Crippen molar-refractivity contribution in [2.24, 2.45) is 0 Å². The molecule has 0 unspecified atom stereocenters. The van der Waals surface area contributed by atoms with Crippen LogP contribution in [0.1, 0.15) is 37.7 Å². The zero-order valence-electron chi connectivity index (χ0n) is 12.7. The molecule has 0 fully saturated rings. The topological polar surface area (TPSA) is 67.4 Å². The minimum absolute atomic E-state index is 0.146. The summed E-state index contributed by atoms with van der Waals surface area (Å²) in [5.41, 5.74) is 0.346. The van der Waals surface area contributed by atoms with Gasteiger partial charge in [0.25, 0.3) is 5.91 Å². The van der Waals surface area contributed by atoms with E-state index in [2.05, 4.69) is 22.2 Å². The molecule has 0 saturated carbocycles. The first-order valence-electron chi connectivity index (χ1n) is 6.97. The van der Waals surface area contributed by atoms with E-state index in [0.717, 1.165) is 13.0 Å². The third-order valence-electron chi connectivity index (χ3n) is 2.65. The van der Waals surface area contributed by atoms with Gasteiger partial charge in [-0.25, -0.2) is 9.97 Å². The number of ether oxygens (including phenoxy) is 1. The second-order valence-electron chi connectivity index (χ2n) is 4.86. The maximum Gasteiger partial charge on any atom is 0.273 e. The molecule has 1 aromatic heterocycles. The molecule has 0 atom stereocenters. The molecule has 1 aromatic rings. The van der Waals surface area contributed by atoms with E-state index in [1.54, 1.807) is 18.1 Å². The van der Waals surface area contributed by atoms with Gasteiger partial charge in [0.1, 0.15) is 11.5 Å². The van der Waals surface area contributed by atoms with Crippen LogP contribution in [-0.4, -0.2) is 53.6 Å². The van der Waals surface area contributed by atoms with Gasteiger partial charge in [0.15, 0.2) is 0 Å². The van der Waals surface area contributed by atoms with E-state index < -0.39 is 0 Å². The Bertz CT molecular complexity index is 406. The number of likely N-dealkylation sites (N-methyl/N-ethyl adjacent to an activating group) is 1. The van der Waals surface area contributed by atoms with Crippen LogP contribution in [0.25, 0.3) is 0 Å². The Labute approximate surface area is 120 Å². The van der Waals surface area contributed by atoms with Gasteiger partial charge in [-0.15, -0.1) is 0 Å². The van der Waals surface area contributed by atoms with Gasteiger partial charge >= 0.3 is 0 Å². The standard InChI is InChI=1S/C14H24N4O2/c1-5-6-15-13-10-16-12(9-17-13)14(19)18(4)7-8-20-11(2)3/h9-11H,5-8H2,1-4H3,(H,15,17). The largest absolute Gasteiger partial charge is 0.377 e. The zero-order valence-corrected chi connectivity index (χ0v) is 12.7. The number of aromatic nitrogens is 2. The number of carbonyl (C=O) groups excluding carboxylic acids is 1. The van der Waals surface area contributed by atoms with Gasteiger partial charge in [0, 0.05) is 20.1 Å². The normalized spacial score (nSPS) is 10.7. The second-order valence-corrected chi connectivity index (χ2v) is 4.86. The first kappa shape index (κ1) is 16.4. The van der Waals surface area contributed by atoms with E-state index in [9.17, 15) is 4.79 Å². The molecule has 0 aliphatic rings. The Morgan fingerprint density at radius 3 is 2.70 bits per heavy atom. The molecule has 0 aliphatic heterocycles. The van der Waals surface area contributed by atoms with Crippen molar-refractivity contribution in [1.29, 1.82) is 0 Å². The molecule has 6 heteroatoms. The monoisotopic (exact) mass is 280 g/mol. The maximum absolute atomic E-state index is 12.1. The molecule has 1 rings (SSSR count). The average Bonchev–Trinajstić information content (AvgIpc) is 2.44. The van der Waals surface area contributed by atoms with Crippen LogP contribution in [0.2, 0.25) is 0 Å². The molecule has 6 nitrogen and oxygen atoms in total. The molecular formula is C14H24N4O2. The molecule has 1 amide bonds. The summed E-state index contributed by atoms with van der Waals surface area (Å²) >= 11 is 0. The number of nitrogens with one attached hydrogen (secondary N) is 1. The van der Waals surface area contributed by atoms with Crippen molar-refractivity contribution in [2.45, 2.75) is 33.3 Å². The predicted molar refractivity (Wildman–Crippen MR) is 78.9 cm³/mol. The van der Waals surface area contributed by atoms with Crippen molar-refractivity contribution in [3.63, 3.8) is 0 Å². The Morgan fingerprint density at radius 2 is 2.15 bits per heavy atom. The van der Waals surface area contributed by atoms with E-state index in [1.165, 1.54) is 6.20 Å². The third kappa shape index (κ3) is 5.52. The Kier molecular flexibility index (Phi) is 6.93. The van der Waals surface area contributed by atoms with Crippen LogP contribution in [-0.2, 0) is 4.74 Å². The van der Waals surface area contributed by atoms with E-state index >= 15 is 0 Å². The van der Waals surface area contributed by atoms with Gasteiger partial charge in [-0.05, 0) is 20.3 Å². The Balaban J connectivity index is 2.49. The van der Waals surface area contributed by atoms with Crippen LogP contribution < -0.4 is 5.32 Å². The van der Waals surface area contributed by atoms with Crippen molar-refractivity contribution >= 4 is 11.7 Å². The van der Waals surface area contributed by atoms with Crippen LogP contribution in [0.15, 0.2) is 12.4 Å².